The Hall–Kier alpha value is -3.85. The van der Waals surface area contributed by atoms with Crippen LogP contribution in [-0.2, 0) is 22.6 Å². The number of H-pyrrole nitrogens is 1. The molecule has 0 saturated carbocycles. The van der Waals surface area contributed by atoms with Crippen molar-refractivity contribution in [3.8, 4) is 0 Å². The zero-order valence-corrected chi connectivity index (χ0v) is 17.7. The molecule has 0 spiro atoms. The number of para-hydroxylation sites is 2. The van der Waals surface area contributed by atoms with Crippen molar-refractivity contribution in [2.75, 3.05) is 20.3 Å². The Morgan fingerprint density at radius 3 is 2.56 bits per heavy atom. The van der Waals surface area contributed by atoms with Crippen LogP contribution in [0, 0.1) is 0 Å². The number of benzene rings is 2. The lowest BCUT2D eigenvalue weighted by Gasteiger charge is -2.22. The molecule has 0 aliphatic heterocycles. The SMILES string of the molecule is COCCN(Cc1nc2ccccc2c(=O)[nH]1)C(=O)CCn1cnc2ccccc2c1=O. The van der Waals surface area contributed by atoms with Crippen molar-refractivity contribution in [2.45, 2.75) is 19.5 Å². The molecule has 2 aromatic carbocycles. The van der Waals surface area contributed by atoms with Gasteiger partial charge in [-0.05, 0) is 24.3 Å². The summed E-state index contributed by atoms with van der Waals surface area (Å²) in [7, 11) is 1.55. The molecule has 0 fully saturated rings. The number of ether oxygens (including phenoxy) is 1. The van der Waals surface area contributed by atoms with Crippen LogP contribution in [0.15, 0.2) is 64.4 Å². The highest BCUT2D eigenvalue weighted by Gasteiger charge is 2.16. The summed E-state index contributed by atoms with van der Waals surface area (Å²) in [6.07, 6.45) is 1.56. The fourth-order valence-electron chi connectivity index (χ4n) is 3.52. The van der Waals surface area contributed by atoms with Crippen molar-refractivity contribution in [1.82, 2.24) is 24.4 Å². The minimum absolute atomic E-state index is 0.0987. The summed E-state index contributed by atoms with van der Waals surface area (Å²) in [4.78, 5) is 51.1. The van der Waals surface area contributed by atoms with Gasteiger partial charge >= 0.3 is 0 Å². The number of fused-ring (bicyclic) bond motifs is 2. The second-order valence-electron chi connectivity index (χ2n) is 7.35. The Labute approximate surface area is 183 Å². The Bertz CT molecular complexity index is 1380. The summed E-state index contributed by atoms with van der Waals surface area (Å²) in [6.45, 7) is 0.992. The predicted octanol–water partition coefficient (Wildman–Crippen LogP) is 1.70. The zero-order valence-electron chi connectivity index (χ0n) is 17.7. The van der Waals surface area contributed by atoms with E-state index in [-0.39, 0.29) is 36.5 Å². The number of nitrogens with one attached hydrogen (secondary N) is 1. The Kier molecular flexibility index (Phi) is 6.37. The number of nitrogens with zero attached hydrogens (tertiary/aromatic N) is 4. The monoisotopic (exact) mass is 433 g/mol. The van der Waals surface area contributed by atoms with E-state index in [1.54, 1.807) is 48.4 Å². The first-order valence-corrected chi connectivity index (χ1v) is 10.3. The van der Waals surface area contributed by atoms with Crippen LogP contribution in [-0.4, -0.2) is 50.6 Å². The highest BCUT2D eigenvalue weighted by Crippen LogP contribution is 2.09. The van der Waals surface area contributed by atoms with E-state index in [2.05, 4.69) is 15.0 Å². The van der Waals surface area contributed by atoms with Gasteiger partial charge in [0.25, 0.3) is 11.1 Å². The van der Waals surface area contributed by atoms with Crippen LogP contribution < -0.4 is 11.1 Å². The van der Waals surface area contributed by atoms with E-state index in [1.165, 1.54) is 10.9 Å². The maximum atomic E-state index is 13.0. The van der Waals surface area contributed by atoms with Crippen molar-refractivity contribution in [3.05, 3.63) is 81.4 Å². The van der Waals surface area contributed by atoms with E-state index in [0.717, 1.165) is 0 Å². The normalized spacial score (nSPS) is 11.2. The molecule has 0 aliphatic carbocycles. The van der Waals surface area contributed by atoms with Crippen molar-refractivity contribution in [2.24, 2.45) is 0 Å². The van der Waals surface area contributed by atoms with Crippen LogP contribution in [0.5, 0.6) is 0 Å². The fourth-order valence-corrected chi connectivity index (χ4v) is 3.52. The van der Waals surface area contributed by atoms with Gasteiger partial charge in [-0.2, -0.15) is 0 Å². The molecule has 9 heteroatoms. The number of aromatic amines is 1. The van der Waals surface area contributed by atoms with Crippen LogP contribution in [0.25, 0.3) is 21.8 Å². The number of carbonyl (C=O) groups excluding carboxylic acids is 1. The molecule has 4 rings (SSSR count). The van der Waals surface area contributed by atoms with E-state index in [1.807, 2.05) is 12.1 Å². The molecule has 0 unspecified atom stereocenters. The minimum atomic E-state index is -0.251. The van der Waals surface area contributed by atoms with Gasteiger partial charge < -0.3 is 14.6 Å². The Morgan fingerprint density at radius 2 is 1.78 bits per heavy atom. The van der Waals surface area contributed by atoms with Gasteiger partial charge in [0, 0.05) is 26.6 Å². The molecular formula is C23H23N5O4. The van der Waals surface area contributed by atoms with E-state index in [9.17, 15) is 14.4 Å². The lowest BCUT2D eigenvalue weighted by Crippen LogP contribution is -2.35. The van der Waals surface area contributed by atoms with Crippen molar-refractivity contribution in [3.63, 3.8) is 0 Å². The molecular weight excluding hydrogens is 410 g/mol. The van der Waals surface area contributed by atoms with Crippen LogP contribution >= 0.6 is 0 Å². The number of hydrogen-bond donors (Lipinski definition) is 1. The molecule has 0 atom stereocenters. The van der Waals surface area contributed by atoms with Crippen LogP contribution in [0.1, 0.15) is 12.2 Å². The molecule has 32 heavy (non-hydrogen) atoms. The number of hydrogen-bond acceptors (Lipinski definition) is 6. The molecule has 4 aromatic rings. The minimum Gasteiger partial charge on any atom is -0.383 e. The van der Waals surface area contributed by atoms with Crippen molar-refractivity contribution < 1.29 is 9.53 Å². The first-order chi connectivity index (χ1) is 15.6. The quantitative estimate of drug-likeness (QED) is 0.453. The van der Waals surface area contributed by atoms with Crippen molar-refractivity contribution in [1.29, 1.82) is 0 Å². The summed E-state index contributed by atoms with van der Waals surface area (Å²) < 4.78 is 6.57. The first kappa shape index (κ1) is 21.4. The van der Waals surface area contributed by atoms with Crippen molar-refractivity contribution >= 4 is 27.7 Å². The van der Waals surface area contributed by atoms with Crippen LogP contribution in [0.4, 0.5) is 0 Å². The highest BCUT2D eigenvalue weighted by molar-refractivity contribution is 5.78. The number of carbonyl (C=O) groups is 1. The second-order valence-corrected chi connectivity index (χ2v) is 7.35. The average Bonchev–Trinajstić information content (AvgIpc) is 2.81. The molecule has 9 nitrogen and oxygen atoms in total. The van der Waals surface area contributed by atoms with Gasteiger partial charge in [-0.1, -0.05) is 24.3 Å². The Balaban J connectivity index is 1.52. The standard InChI is InChI=1S/C23H23N5O4/c1-32-13-12-27(14-20-25-19-9-5-2-6-16(19)22(30)26-20)21(29)10-11-28-15-24-18-8-4-3-7-17(18)23(28)31/h2-9,15H,10-14H2,1H3,(H,25,26,30). The number of aromatic nitrogens is 4. The predicted molar refractivity (Wildman–Crippen MR) is 120 cm³/mol. The molecule has 2 heterocycles. The maximum Gasteiger partial charge on any atom is 0.261 e. The largest absolute Gasteiger partial charge is 0.383 e. The summed E-state index contributed by atoms with van der Waals surface area (Å²) in [5.41, 5.74) is 0.748. The molecule has 1 amide bonds. The molecule has 2 aromatic heterocycles. The summed E-state index contributed by atoms with van der Waals surface area (Å²) in [5.74, 6) is 0.209. The van der Waals surface area contributed by atoms with Gasteiger partial charge in [0.1, 0.15) is 5.82 Å². The molecule has 1 N–H and O–H groups in total. The smallest absolute Gasteiger partial charge is 0.261 e. The second kappa shape index (κ2) is 9.52. The van der Waals surface area contributed by atoms with E-state index < -0.39 is 0 Å². The number of aryl methyl sites for hydroxylation is 1. The summed E-state index contributed by atoms with van der Waals surface area (Å²) >= 11 is 0. The van der Waals surface area contributed by atoms with Gasteiger partial charge in [-0.25, -0.2) is 9.97 Å². The molecule has 0 radical (unpaired) electrons. The topological polar surface area (TPSA) is 110 Å². The lowest BCUT2D eigenvalue weighted by molar-refractivity contribution is -0.132. The lowest BCUT2D eigenvalue weighted by atomic mass is 10.2. The van der Waals surface area contributed by atoms with Gasteiger partial charge in [-0.15, -0.1) is 0 Å². The van der Waals surface area contributed by atoms with E-state index >= 15 is 0 Å². The van der Waals surface area contributed by atoms with Gasteiger partial charge in [-0.3, -0.25) is 19.0 Å². The van der Waals surface area contributed by atoms with E-state index in [0.29, 0.717) is 40.8 Å². The third-order valence-electron chi connectivity index (χ3n) is 5.22. The van der Waals surface area contributed by atoms with Gasteiger partial charge in [0.15, 0.2) is 0 Å². The Morgan fingerprint density at radius 1 is 1.06 bits per heavy atom. The number of methoxy groups -OCH3 is 1. The average molecular weight is 433 g/mol. The van der Waals surface area contributed by atoms with Gasteiger partial charge in [0.05, 0.1) is 41.3 Å². The number of rotatable bonds is 8. The van der Waals surface area contributed by atoms with Crippen LogP contribution in [0.2, 0.25) is 0 Å². The first-order valence-electron chi connectivity index (χ1n) is 10.3. The fraction of sp³-hybridized carbons (Fsp3) is 0.261. The highest BCUT2D eigenvalue weighted by atomic mass is 16.5. The summed E-state index contributed by atoms with van der Waals surface area (Å²) in [6, 6.07) is 14.1. The summed E-state index contributed by atoms with van der Waals surface area (Å²) in [5, 5.41) is 1.01. The third-order valence-corrected chi connectivity index (χ3v) is 5.22. The molecule has 0 bridgehead atoms. The van der Waals surface area contributed by atoms with E-state index in [4.69, 9.17) is 4.74 Å². The maximum absolute atomic E-state index is 13.0. The zero-order chi connectivity index (χ0) is 22.5. The van der Waals surface area contributed by atoms with Crippen LogP contribution in [0.3, 0.4) is 0 Å². The molecule has 164 valence electrons. The molecule has 0 saturated heterocycles. The van der Waals surface area contributed by atoms with Gasteiger partial charge in [0.2, 0.25) is 5.91 Å². The molecule has 0 aliphatic rings. The third kappa shape index (κ3) is 4.57. The number of amides is 1.